The molecule has 2 rings (SSSR count). The van der Waals surface area contributed by atoms with Crippen molar-refractivity contribution in [3.05, 3.63) is 15.4 Å². The van der Waals surface area contributed by atoms with E-state index in [0.29, 0.717) is 6.04 Å². The van der Waals surface area contributed by atoms with Gasteiger partial charge in [-0.15, -0.1) is 11.3 Å². The molecular weight excluding hydrogens is 300 g/mol. The van der Waals surface area contributed by atoms with Crippen LogP contribution in [-0.2, 0) is 6.54 Å². The van der Waals surface area contributed by atoms with Crippen molar-refractivity contribution in [1.82, 2.24) is 10.2 Å². The molecule has 17 heavy (non-hydrogen) atoms. The first-order chi connectivity index (χ1) is 8.22. The highest BCUT2D eigenvalue weighted by Crippen LogP contribution is 2.35. The molecule has 0 spiro atoms. The molecule has 1 saturated heterocycles. The van der Waals surface area contributed by atoms with Crippen molar-refractivity contribution < 1.29 is 4.74 Å². The van der Waals surface area contributed by atoms with Gasteiger partial charge in [0, 0.05) is 24.0 Å². The van der Waals surface area contributed by atoms with Gasteiger partial charge in [0.05, 0.1) is 11.6 Å². The minimum absolute atomic E-state index is 0.647. The molecule has 1 aromatic heterocycles. The summed E-state index contributed by atoms with van der Waals surface area (Å²) in [5, 5.41) is 4.35. The van der Waals surface area contributed by atoms with Gasteiger partial charge >= 0.3 is 0 Å². The third-order valence-corrected chi connectivity index (χ3v) is 5.12. The largest absolute Gasteiger partial charge is 0.486 e. The zero-order valence-electron chi connectivity index (χ0n) is 10.3. The first-order valence-electron chi connectivity index (χ1n) is 5.94. The second kappa shape index (κ2) is 6.18. The first-order valence-corrected chi connectivity index (χ1v) is 7.55. The van der Waals surface area contributed by atoms with Crippen molar-refractivity contribution in [2.75, 3.05) is 27.2 Å². The molecule has 1 aliphatic heterocycles. The van der Waals surface area contributed by atoms with Gasteiger partial charge in [-0.2, -0.15) is 0 Å². The normalized spacial score (nSPS) is 21.7. The summed E-state index contributed by atoms with van der Waals surface area (Å²) in [6, 6.07) is 2.82. The summed E-state index contributed by atoms with van der Waals surface area (Å²) in [4.78, 5) is 3.88. The number of nitrogens with one attached hydrogen (secondary N) is 1. The minimum Gasteiger partial charge on any atom is -0.486 e. The van der Waals surface area contributed by atoms with Gasteiger partial charge in [-0.3, -0.25) is 4.90 Å². The van der Waals surface area contributed by atoms with Crippen LogP contribution in [-0.4, -0.2) is 38.2 Å². The summed E-state index contributed by atoms with van der Waals surface area (Å²) in [7, 11) is 3.78. The molecule has 1 aromatic rings. The van der Waals surface area contributed by atoms with Crippen molar-refractivity contribution in [2.24, 2.45) is 0 Å². The third kappa shape index (κ3) is 3.44. The molecular formula is C12H19BrN2OS. The van der Waals surface area contributed by atoms with E-state index < -0.39 is 0 Å². The Morgan fingerprint density at radius 1 is 1.65 bits per heavy atom. The van der Waals surface area contributed by atoms with Gasteiger partial charge in [0.1, 0.15) is 0 Å². The van der Waals surface area contributed by atoms with E-state index in [0.717, 1.165) is 22.6 Å². The van der Waals surface area contributed by atoms with Gasteiger partial charge in [0.25, 0.3) is 0 Å². The van der Waals surface area contributed by atoms with Crippen molar-refractivity contribution in [1.29, 1.82) is 0 Å². The summed E-state index contributed by atoms with van der Waals surface area (Å²) in [5.41, 5.74) is 0. The molecule has 0 aliphatic carbocycles. The van der Waals surface area contributed by atoms with E-state index in [1.165, 1.54) is 24.3 Å². The van der Waals surface area contributed by atoms with Crippen LogP contribution in [0.4, 0.5) is 0 Å². The molecule has 0 radical (unpaired) electrons. The van der Waals surface area contributed by atoms with E-state index in [-0.39, 0.29) is 0 Å². The second-order valence-electron chi connectivity index (χ2n) is 4.42. The van der Waals surface area contributed by atoms with Crippen molar-refractivity contribution in [3.63, 3.8) is 0 Å². The van der Waals surface area contributed by atoms with E-state index >= 15 is 0 Å². The molecule has 1 fully saturated rings. The third-order valence-electron chi connectivity index (χ3n) is 3.19. The zero-order valence-corrected chi connectivity index (χ0v) is 12.7. The Morgan fingerprint density at radius 3 is 3.12 bits per heavy atom. The van der Waals surface area contributed by atoms with Crippen molar-refractivity contribution in [2.45, 2.75) is 25.4 Å². The molecule has 0 aromatic carbocycles. The van der Waals surface area contributed by atoms with E-state index in [2.05, 4.69) is 39.3 Å². The maximum atomic E-state index is 5.30. The molecule has 3 nitrogen and oxygen atoms in total. The molecule has 0 saturated carbocycles. The van der Waals surface area contributed by atoms with Crippen LogP contribution in [0.25, 0.3) is 0 Å². The van der Waals surface area contributed by atoms with Crippen molar-refractivity contribution >= 4 is 27.3 Å². The van der Waals surface area contributed by atoms with Gasteiger partial charge in [-0.1, -0.05) is 0 Å². The standard InChI is InChI=1S/C12H19BrN2OS/c1-14-9-4-3-5-15(7-9)8-10-6-11(13)12(16-2)17-10/h6,9,14H,3-5,7-8H2,1-2H3. The number of halogens is 1. The van der Waals surface area contributed by atoms with E-state index in [4.69, 9.17) is 4.74 Å². The zero-order chi connectivity index (χ0) is 12.3. The highest BCUT2D eigenvalue weighted by Gasteiger charge is 2.19. The maximum Gasteiger partial charge on any atom is 0.188 e. The minimum atomic E-state index is 0.647. The summed E-state index contributed by atoms with van der Waals surface area (Å²) >= 11 is 5.25. The Hall–Kier alpha value is -0.100. The first kappa shape index (κ1) is 13.3. The molecule has 2 heterocycles. The Morgan fingerprint density at radius 2 is 2.47 bits per heavy atom. The molecule has 1 aliphatic rings. The molecule has 1 unspecified atom stereocenters. The Bertz CT molecular complexity index is 369. The van der Waals surface area contributed by atoms with E-state index in [1.54, 1.807) is 18.4 Å². The molecule has 1 N–H and O–H groups in total. The predicted molar refractivity (Wildman–Crippen MR) is 75.9 cm³/mol. The summed E-state index contributed by atoms with van der Waals surface area (Å²) in [6.07, 6.45) is 2.58. The van der Waals surface area contributed by atoms with Crippen LogP contribution in [0.5, 0.6) is 5.06 Å². The number of methoxy groups -OCH3 is 1. The van der Waals surface area contributed by atoms with Crippen LogP contribution in [0.2, 0.25) is 0 Å². The SMILES string of the molecule is CNC1CCCN(Cc2cc(Br)c(OC)s2)C1. The lowest BCUT2D eigenvalue weighted by Gasteiger charge is -2.32. The lowest BCUT2D eigenvalue weighted by Crippen LogP contribution is -2.43. The van der Waals surface area contributed by atoms with Gasteiger partial charge in [-0.05, 0) is 48.4 Å². The number of likely N-dealkylation sites (tertiary alicyclic amines) is 1. The number of rotatable bonds is 4. The number of thiophene rings is 1. The molecule has 0 amide bonds. The summed E-state index contributed by atoms with van der Waals surface area (Å²) in [5.74, 6) is 0. The predicted octanol–water partition coefficient (Wildman–Crippen LogP) is 2.70. The maximum absolute atomic E-state index is 5.30. The lowest BCUT2D eigenvalue weighted by atomic mass is 10.1. The highest BCUT2D eigenvalue weighted by atomic mass is 79.9. The average Bonchev–Trinajstić information content (AvgIpc) is 2.69. The number of piperidine rings is 1. The number of nitrogens with zero attached hydrogens (tertiary/aromatic N) is 1. The number of ether oxygens (including phenoxy) is 1. The molecule has 96 valence electrons. The van der Waals surface area contributed by atoms with Crippen LogP contribution < -0.4 is 10.1 Å². The van der Waals surface area contributed by atoms with Gasteiger partial charge in [0.2, 0.25) is 0 Å². The fourth-order valence-electron chi connectivity index (χ4n) is 2.27. The van der Waals surface area contributed by atoms with Gasteiger partial charge in [0.15, 0.2) is 5.06 Å². The number of hydrogen-bond donors (Lipinski definition) is 1. The van der Waals surface area contributed by atoms with Crippen LogP contribution in [0.15, 0.2) is 10.5 Å². The Balaban J connectivity index is 1.95. The highest BCUT2D eigenvalue weighted by molar-refractivity contribution is 9.10. The van der Waals surface area contributed by atoms with E-state index in [1.807, 2.05) is 0 Å². The van der Waals surface area contributed by atoms with E-state index in [9.17, 15) is 0 Å². The molecule has 1 atom stereocenters. The van der Waals surface area contributed by atoms with Crippen LogP contribution in [0.1, 0.15) is 17.7 Å². The smallest absolute Gasteiger partial charge is 0.188 e. The number of likely N-dealkylation sites (N-methyl/N-ethyl adjacent to an activating group) is 1. The van der Waals surface area contributed by atoms with Gasteiger partial charge < -0.3 is 10.1 Å². The quantitative estimate of drug-likeness (QED) is 0.923. The van der Waals surface area contributed by atoms with Gasteiger partial charge in [-0.25, -0.2) is 0 Å². The monoisotopic (exact) mass is 318 g/mol. The van der Waals surface area contributed by atoms with Crippen LogP contribution >= 0.6 is 27.3 Å². The lowest BCUT2D eigenvalue weighted by molar-refractivity contribution is 0.189. The van der Waals surface area contributed by atoms with Crippen molar-refractivity contribution in [3.8, 4) is 5.06 Å². The Kier molecular flexibility index (Phi) is 4.85. The topological polar surface area (TPSA) is 24.5 Å². The van der Waals surface area contributed by atoms with Crippen LogP contribution in [0, 0.1) is 0 Å². The number of hydrogen-bond acceptors (Lipinski definition) is 4. The second-order valence-corrected chi connectivity index (χ2v) is 6.37. The molecule has 0 bridgehead atoms. The molecule has 5 heteroatoms. The summed E-state index contributed by atoms with van der Waals surface area (Å²) in [6.45, 7) is 3.38. The Labute approximate surface area is 115 Å². The fraction of sp³-hybridized carbons (Fsp3) is 0.667. The average molecular weight is 319 g/mol. The van der Waals surface area contributed by atoms with Crippen LogP contribution in [0.3, 0.4) is 0 Å². The fourth-order valence-corrected chi connectivity index (χ4v) is 4.00. The summed E-state index contributed by atoms with van der Waals surface area (Å²) < 4.78 is 6.37.